The van der Waals surface area contributed by atoms with Gasteiger partial charge in [0.05, 0.1) is 0 Å². The smallest absolute Gasteiger partial charge is 0.0396 e. The summed E-state index contributed by atoms with van der Waals surface area (Å²) in [6, 6.07) is 7.42. The maximum absolute atomic E-state index is 11.4. The topological polar surface area (TPSA) is 32.3 Å². The number of anilines is 1. The lowest BCUT2D eigenvalue weighted by Gasteiger charge is -2.28. The summed E-state index contributed by atoms with van der Waals surface area (Å²) in [6.45, 7) is 2.11. The molecule has 2 aliphatic heterocycles. The molecule has 0 aliphatic carbocycles. The van der Waals surface area contributed by atoms with Crippen LogP contribution in [0.15, 0.2) is 18.2 Å². The zero-order chi connectivity index (χ0) is 13.9. The Labute approximate surface area is 124 Å². The first-order valence-electron chi connectivity index (χ1n) is 7.63. The summed E-state index contributed by atoms with van der Waals surface area (Å²) in [6.07, 6.45) is 4.57. The van der Waals surface area contributed by atoms with Crippen molar-refractivity contribution in [1.29, 1.82) is 0 Å². The number of rotatable bonds is 3. The lowest BCUT2D eigenvalue weighted by atomic mass is 9.99. The van der Waals surface area contributed by atoms with Crippen LogP contribution in [-0.4, -0.2) is 35.3 Å². The zero-order valence-electron chi connectivity index (χ0n) is 12.2. The van der Waals surface area contributed by atoms with Crippen molar-refractivity contribution in [3.05, 3.63) is 29.3 Å². The Morgan fingerprint density at radius 1 is 1.35 bits per heavy atom. The highest BCUT2D eigenvalue weighted by Crippen LogP contribution is 2.26. The van der Waals surface area contributed by atoms with Crippen LogP contribution in [-0.2, 0) is 23.8 Å². The molecule has 0 unspecified atom stereocenters. The van der Waals surface area contributed by atoms with E-state index in [4.69, 9.17) is 0 Å². The zero-order valence-corrected chi connectivity index (χ0v) is 13.0. The van der Waals surface area contributed by atoms with Gasteiger partial charge in [-0.15, -0.1) is 0 Å². The normalized spacial score (nSPS) is 26.4. The minimum absolute atomic E-state index is 0.548. The van der Waals surface area contributed by atoms with E-state index in [0.717, 1.165) is 30.9 Å². The summed E-state index contributed by atoms with van der Waals surface area (Å²) in [7, 11) is 1.62. The van der Waals surface area contributed by atoms with E-state index in [0.29, 0.717) is 6.04 Å². The molecule has 0 aromatic heterocycles. The molecular weight excluding hydrogens is 268 g/mol. The van der Waals surface area contributed by atoms with Crippen molar-refractivity contribution in [1.82, 2.24) is 5.32 Å². The van der Waals surface area contributed by atoms with Crippen LogP contribution in [0.4, 0.5) is 5.69 Å². The molecular formula is C16H24N2OS. The van der Waals surface area contributed by atoms with Gasteiger partial charge in [-0.3, -0.25) is 4.21 Å². The Bertz CT molecular complexity index is 493. The van der Waals surface area contributed by atoms with Gasteiger partial charge in [-0.05, 0) is 42.9 Å². The van der Waals surface area contributed by atoms with Crippen molar-refractivity contribution in [2.45, 2.75) is 38.3 Å². The van der Waals surface area contributed by atoms with E-state index in [9.17, 15) is 4.21 Å². The third kappa shape index (κ3) is 3.23. The molecule has 0 radical (unpaired) electrons. The third-order valence-electron chi connectivity index (χ3n) is 4.48. The second-order valence-corrected chi connectivity index (χ2v) is 7.69. The predicted octanol–water partition coefficient (Wildman–Crippen LogP) is 2.07. The van der Waals surface area contributed by atoms with Gasteiger partial charge in [-0.2, -0.15) is 0 Å². The highest BCUT2D eigenvalue weighted by atomic mass is 32.2. The maximum Gasteiger partial charge on any atom is 0.0396 e. The first-order chi connectivity index (χ1) is 9.72. The molecule has 3 rings (SSSR count). The molecule has 2 heterocycles. The summed E-state index contributed by atoms with van der Waals surface area (Å²) in [5.41, 5.74) is 4.27. The molecule has 0 saturated carbocycles. The summed E-state index contributed by atoms with van der Waals surface area (Å²) in [5.74, 6) is 1.74. The summed E-state index contributed by atoms with van der Waals surface area (Å²) >= 11 is 0. The molecule has 0 spiro atoms. The first-order valence-corrected chi connectivity index (χ1v) is 9.12. The van der Waals surface area contributed by atoms with Crippen LogP contribution in [0.25, 0.3) is 0 Å². The van der Waals surface area contributed by atoms with E-state index in [1.807, 2.05) is 0 Å². The fraction of sp³-hybridized carbons (Fsp3) is 0.625. The van der Waals surface area contributed by atoms with E-state index < -0.39 is 10.8 Å². The summed E-state index contributed by atoms with van der Waals surface area (Å²) < 4.78 is 11.4. The molecule has 3 nitrogen and oxygen atoms in total. The summed E-state index contributed by atoms with van der Waals surface area (Å²) in [5, 5.41) is 3.63. The van der Waals surface area contributed by atoms with Crippen LogP contribution in [0.1, 0.15) is 30.4 Å². The van der Waals surface area contributed by atoms with Crippen molar-refractivity contribution in [3.63, 3.8) is 0 Å². The van der Waals surface area contributed by atoms with E-state index >= 15 is 0 Å². The molecule has 1 aromatic carbocycles. The van der Waals surface area contributed by atoms with Crippen molar-refractivity contribution in [2.24, 2.45) is 0 Å². The van der Waals surface area contributed by atoms with Gasteiger partial charge in [0.2, 0.25) is 0 Å². The largest absolute Gasteiger partial charge is 0.374 e. The number of fused-ring (bicyclic) bond motifs is 1. The predicted molar refractivity (Wildman–Crippen MR) is 85.8 cm³/mol. The molecule has 1 fully saturated rings. The molecule has 2 aliphatic rings. The van der Waals surface area contributed by atoms with Crippen molar-refractivity contribution in [2.75, 3.05) is 30.0 Å². The van der Waals surface area contributed by atoms with Gasteiger partial charge in [-0.1, -0.05) is 12.1 Å². The first kappa shape index (κ1) is 14.1. The lowest BCUT2D eigenvalue weighted by molar-refractivity contribution is 0.475. The SMILES string of the molecule is CN1CCCc2cc(CNC3CCS(=O)CC3)ccc21. The van der Waals surface area contributed by atoms with E-state index in [1.54, 1.807) is 0 Å². The number of nitrogens with one attached hydrogen (secondary N) is 1. The van der Waals surface area contributed by atoms with E-state index in [1.165, 1.54) is 36.2 Å². The lowest BCUT2D eigenvalue weighted by Crippen LogP contribution is -2.35. The van der Waals surface area contributed by atoms with Gasteiger partial charge < -0.3 is 10.2 Å². The van der Waals surface area contributed by atoms with Crippen molar-refractivity contribution >= 4 is 16.5 Å². The van der Waals surface area contributed by atoms with Gasteiger partial charge in [0.1, 0.15) is 0 Å². The van der Waals surface area contributed by atoms with Crippen LogP contribution < -0.4 is 10.2 Å². The van der Waals surface area contributed by atoms with Gasteiger partial charge in [0.25, 0.3) is 0 Å². The molecule has 4 heteroatoms. The number of nitrogens with zero attached hydrogens (tertiary/aromatic N) is 1. The van der Waals surface area contributed by atoms with Crippen LogP contribution in [0.3, 0.4) is 0 Å². The van der Waals surface area contributed by atoms with Crippen LogP contribution >= 0.6 is 0 Å². The summed E-state index contributed by atoms with van der Waals surface area (Å²) in [4.78, 5) is 2.35. The molecule has 20 heavy (non-hydrogen) atoms. The van der Waals surface area contributed by atoms with Crippen LogP contribution in [0.2, 0.25) is 0 Å². The quantitative estimate of drug-likeness (QED) is 0.925. The second-order valence-electron chi connectivity index (χ2n) is 5.99. The third-order valence-corrected chi connectivity index (χ3v) is 5.86. The highest BCUT2D eigenvalue weighted by Gasteiger charge is 2.18. The minimum Gasteiger partial charge on any atom is -0.374 e. The number of hydrogen-bond acceptors (Lipinski definition) is 3. The standard InChI is InChI=1S/C16H24N2OS/c1-18-8-2-3-14-11-13(4-5-16(14)18)12-17-15-6-9-20(19)10-7-15/h4-5,11,15,17H,2-3,6-10,12H2,1H3. The maximum atomic E-state index is 11.4. The Morgan fingerprint density at radius 3 is 2.95 bits per heavy atom. The van der Waals surface area contributed by atoms with Crippen LogP contribution in [0.5, 0.6) is 0 Å². The number of benzene rings is 1. The average molecular weight is 292 g/mol. The molecule has 0 amide bonds. The molecule has 0 atom stereocenters. The Morgan fingerprint density at radius 2 is 2.15 bits per heavy atom. The molecule has 110 valence electrons. The molecule has 1 N–H and O–H groups in total. The molecule has 1 aromatic rings. The van der Waals surface area contributed by atoms with Gasteiger partial charge >= 0.3 is 0 Å². The Hall–Kier alpha value is -0.870. The minimum atomic E-state index is -0.560. The highest BCUT2D eigenvalue weighted by molar-refractivity contribution is 7.85. The van der Waals surface area contributed by atoms with Gasteiger partial charge in [0, 0.05) is 54.2 Å². The monoisotopic (exact) mass is 292 g/mol. The van der Waals surface area contributed by atoms with Crippen LogP contribution in [0, 0.1) is 0 Å². The Kier molecular flexibility index (Phi) is 4.41. The Balaban J connectivity index is 1.59. The van der Waals surface area contributed by atoms with Gasteiger partial charge in [0.15, 0.2) is 0 Å². The second kappa shape index (κ2) is 6.27. The molecule has 1 saturated heterocycles. The fourth-order valence-corrected chi connectivity index (χ4v) is 4.51. The van der Waals surface area contributed by atoms with E-state index in [-0.39, 0.29) is 0 Å². The number of hydrogen-bond donors (Lipinski definition) is 1. The van der Waals surface area contributed by atoms with Gasteiger partial charge in [-0.25, -0.2) is 0 Å². The fourth-order valence-electron chi connectivity index (χ4n) is 3.21. The number of aryl methyl sites for hydroxylation is 1. The average Bonchev–Trinajstić information content (AvgIpc) is 2.47. The van der Waals surface area contributed by atoms with E-state index in [2.05, 4.69) is 35.5 Å². The molecule has 0 bridgehead atoms. The van der Waals surface area contributed by atoms with Crippen molar-refractivity contribution in [3.8, 4) is 0 Å². The van der Waals surface area contributed by atoms with Crippen molar-refractivity contribution < 1.29 is 4.21 Å².